The fraction of sp³-hybridized carbons (Fsp3) is 0.286. The molecule has 0 heterocycles. The van der Waals surface area contributed by atoms with Gasteiger partial charge in [-0.2, -0.15) is 5.10 Å². The van der Waals surface area contributed by atoms with E-state index in [0.29, 0.717) is 17.2 Å². The lowest BCUT2D eigenvalue weighted by Gasteiger charge is -2.20. The standard InChI is InChI=1S/C21H24ClN3O3/c1-4-28-18-7-5-6-15(12-18)13-23-25-21(27)19(14(2)3)24-20(26)16-8-10-17(22)11-9-16/h5-14,19H,4H2,1-3H3,(H,24,26)(H,25,27)/b23-13+. The first-order valence-corrected chi connectivity index (χ1v) is 9.40. The van der Waals surface area contributed by atoms with Gasteiger partial charge < -0.3 is 10.1 Å². The Balaban J connectivity index is 1.99. The lowest BCUT2D eigenvalue weighted by atomic mass is 10.0. The van der Waals surface area contributed by atoms with Crippen molar-refractivity contribution in [3.05, 3.63) is 64.7 Å². The minimum absolute atomic E-state index is 0.118. The predicted molar refractivity (Wildman–Crippen MR) is 111 cm³/mol. The summed E-state index contributed by atoms with van der Waals surface area (Å²) in [5, 5.41) is 7.27. The molecule has 0 aromatic heterocycles. The number of benzene rings is 2. The van der Waals surface area contributed by atoms with Gasteiger partial charge in [-0.05, 0) is 54.8 Å². The van der Waals surface area contributed by atoms with Crippen LogP contribution in [-0.4, -0.2) is 30.7 Å². The van der Waals surface area contributed by atoms with Crippen LogP contribution >= 0.6 is 11.6 Å². The quantitative estimate of drug-likeness (QED) is 0.523. The molecule has 148 valence electrons. The zero-order valence-electron chi connectivity index (χ0n) is 16.1. The lowest BCUT2D eigenvalue weighted by Crippen LogP contribution is -2.48. The highest BCUT2D eigenvalue weighted by atomic mass is 35.5. The molecular weight excluding hydrogens is 378 g/mol. The molecule has 0 spiro atoms. The first-order valence-electron chi connectivity index (χ1n) is 9.03. The van der Waals surface area contributed by atoms with E-state index in [1.807, 2.05) is 45.0 Å². The number of carbonyl (C=O) groups excluding carboxylic acids is 2. The van der Waals surface area contributed by atoms with E-state index in [1.54, 1.807) is 24.3 Å². The Bertz CT molecular complexity index is 835. The van der Waals surface area contributed by atoms with Crippen LogP contribution in [0.1, 0.15) is 36.7 Å². The summed E-state index contributed by atoms with van der Waals surface area (Å²) >= 11 is 5.84. The average Bonchev–Trinajstić information content (AvgIpc) is 2.66. The molecule has 7 heteroatoms. The van der Waals surface area contributed by atoms with Crippen LogP contribution in [0.4, 0.5) is 0 Å². The molecule has 2 N–H and O–H groups in total. The molecule has 0 aliphatic carbocycles. The van der Waals surface area contributed by atoms with E-state index >= 15 is 0 Å². The molecule has 0 fully saturated rings. The molecule has 0 aliphatic rings. The normalized spacial score (nSPS) is 12.0. The van der Waals surface area contributed by atoms with Gasteiger partial charge in [0.05, 0.1) is 12.8 Å². The van der Waals surface area contributed by atoms with Crippen LogP contribution < -0.4 is 15.5 Å². The maximum Gasteiger partial charge on any atom is 0.262 e. The Morgan fingerprint density at radius 3 is 2.54 bits per heavy atom. The van der Waals surface area contributed by atoms with Gasteiger partial charge in [0.25, 0.3) is 11.8 Å². The SMILES string of the molecule is CCOc1cccc(/C=N/NC(=O)C(NC(=O)c2ccc(Cl)cc2)C(C)C)c1. The summed E-state index contributed by atoms with van der Waals surface area (Å²) in [5.74, 6) is -0.130. The van der Waals surface area contributed by atoms with E-state index in [0.717, 1.165) is 11.3 Å². The smallest absolute Gasteiger partial charge is 0.262 e. The minimum atomic E-state index is -0.727. The van der Waals surface area contributed by atoms with Crippen LogP contribution in [0.5, 0.6) is 5.75 Å². The molecule has 1 unspecified atom stereocenters. The number of carbonyl (C=O) groups is 2. The number of hydrogen-bond acceptors (Lipinski definition) is 4. The highest BCUT2D eigenvalue weighted by molar-refractivity contribution is 6.30. The zero-order valence-corrected chi connectivity index (χ0v) is 16.9. The van der Waals surface area contributed by atoms with Gasteiger partial charge in [-0.3, -0.25) is 9.59 Å². The number of halogens is 1. The topological polar surface area (TPSA) is 79.8 Å². The van der Waals surface area contributed by atoms with Crippen molar-refractivity contribution < 1.29 is 14.3 Å². The summed E-state index contributed by atoms with van der Waals surface area (Å²) in [6.07, 6.45) is 1.53. The van der Waals surface area contributed by atoms with Gasteiger partial charge in [0.2, 0.25) is 0 Å². The van der Waals surface area contributed by atoms with Crippen molar-refractivity contribution in [2.75, 3.05) is 6.61 Å². The summed E-state index contributed by atoms with van der Waals surface area (Å²) in [4.78, 5) is 24.9. The number of nitrogens with zero attached hydrogens (tertiary/aromatic N) is 1. The first-order chi connectivity index (χ1) is 13.4. The monoisotopic (exact) mass is 401 g/mol. The van der Waals surface area contributed by atoms with Gasteiger partial charge in [0.1, 0.15) is 11.8 Å². The number of hydrazone groups is 1. The summed E-state index contributed by atoms with van der Waals surface area (Å²) in [7, 11) is 0. The Labute approximate surface area is 169 Å². The van der Waals surface area contributed by atoms with Crippen molar-refractivity contribution in [3.8, 4) is 5.75 Å². The fourth-order valence-electron chi connectivity index (χ4n) is 2.45. The summed E-state index contributed by atoms with van der Waals surface area (Å²) in [6, 6.07) is 13.1. The van der Waals surface area contributed by atoms with Crippen LogP contribution in [0, 0.1) is 5.92 Å². The van der Waals surface area contributed by atoms with Crippen molar-refractivity contribution in [1.82, 2.24) is 10.7 Å². The molecular formula is C21H24ClN3O3. The van der Waals surface area contributed by atoms with Gasteiger partial charge >= 0.3 is 0 Å². The summed E-state index contributed by atoms with van der Waals surface area (Å²) in [5.41, 5.74) is 3.70. The fourth-order valence-corrected chi connectivity index (χ4v) is 2.58. The Kier molecular flexibility index (Phi) is 8.02. The van der Waals surface area contributed by atoms with E-state index in [4.69, 9.17) is 16.3 Å². The third-order valence-corrected chi connectivity index (χ3v) is 4.15. The minimum Gasteiger partial charge on any atom is -0.494 e. The largest absolute Gasteiger partial charge is 0.494 e. The molecule has 1 atom stereocenters. The maximum atomic E-state index is 12.5. The average molecular weight is 402 g/mol. The number of amides is 2. The van der Waals surface area contributed by atoms with Gasteiger partial charge in [0, 0.05) is 10.6 Å². The molecule has 0 aliphatic heterocycles. The molecule has 2 amide bonds. The molecule has 0 saturated heterocycles. The number of hydrogen-bond donors (Lipinski definition) is 2. The van der Waals surface area contributed by atoms with E-state index in [-0.39, 0.29) is 11.8 Å². The van der Waals surface area contributed by atoms with E-state index in [9.17, 15) is 9.59 Å². The van der Waals surface area contributed by atoms with Crippen LogP contribution in [0.3, 0.4) is 0 Å². The first kappa shape index (κ1) is 21.4. The van der Waals surface area contributed by atoms with Crippen LogP contribution in [0.2, 0.25) is 5.02 Å². The Morgan fingerprint density at radius 2 is 1.89 bits per heavy atom. The molecule has 2 aromatic carbocycles. The molecule has 6 nitrogen and oxygen atoms in total. The van der Waals surface area contributed by atoms with Crippen LogP contribution in [0.25, 0.3) is 0 Å². The number of rotatable bonds is 8. The Hall–Kier alpha value is -2.86. The molecule has 2 aromatic rings. The van der Waals surface area contributed by atoms with Crippen molar-refractivity contribution >= 4 is 29.6 Å². The van der Waals surface area contributed by atoms with Crippen molar-refractivity contribution in [1.29, 1.82) is 0 Å². The second-order valence-electron chi connectivity index (χ2n) is 6.44. The van der Waals surface area contributed by atoms with Crippen molar-refractivity contribution in [2.24, 2.45) is 11.0 Å². The van der Waals surface area contributed by atoms with Crippen LogP contribution in [0.15, 0.2) is 53.6 Å². The van der Waals surface area contributed by atoms with Crippen molar-refractivity contribution in [2.45, 2.75) is 26.8 Å². The third-order valence-electron chi connectivity index (χ3n) is 3.90. The highest BCUT2D eigenvalue weighted by Crippen LogP contribution is 2.12. The predicted octanol–water partition coefficient (Wildman–Crippen LogP) is 3.64. The van der Waals surface area contributed by atoms with E-state index in [2.05, 4.69) is 15.8 Å². The van der Waals surface area contributed by atoms with Crippen LogP contribution in [-0.2, 0) is 4.79 Å². The second-order valence-corrected chi connectivity index (χ2v) is 6.88. The summed E-state index contributed by atoms with van der Waals surface area (Å²) in [6.45, 7) is 6.18. The molecule has 0 saturated carbocycles. The number of ether oxygens (including phenoxy) is 1. The molecule has 0 radical (unpaired) electrons. The van der Waals surface area contributed by atoms with Gasteiger partial charge in [0.15, 0.2) is 0 Å². The highest BCUT2D eigenvalue weighted by Gasteiger charge is 2.24. The molecule has 0 bridgehead atoms. The Morgan fingerprint density at radius 1 is 1.18 bits per heavy atom. The zero-order chi connectivity index (χ0) is 20.5. The molecule has 2 rings (SSSR count). The number of nitrogens with one attached hydrogen (secondary N) is 2. The van der Waals surface area contributed by atoms with Gasteiger partial charge in [-0.25, -0.2) is 5.43 Å². The van der Waals surface area contributed by atoms with E-state index in [1.165, 1.54) is 6.21 Å². The van der Waals surface area contributed by atoms with Gasteiger partial charge in [-0.1, -0.05) is 37.6 Å². The second kappa shape index (κ2) is 10.5. The third kappa shape index (κ3) is 6.39. The van der Waals surface area contributed by atoms with Gasteiger partial charge in [-0.15, -0.1) is 0 Å². The summed E-state index contributed by atoms with van der Waals surface area (Å²) < 4.78 is 5.43. The van der Waals surface area contributed by atoms with Crippen molar-refractivity contribution in [3.63, 3.8) is 0 Å². The lowest BCUT2D eigenvalue weighted by molar-refractivity contribution is -0.123. The molecule has 28 heavy (non-hydrogen) atoms. The maximum absolute atomic E-state index is 12.5. The van der Waals surface area contributed by atoms with E-state index < -0.39 is 11.9 Å².